The Labute approximate surface area is 105 Å². The second-order valence-corrected chi connectivity index (χ2v) is 4.10. The lowest BCUT2D eigenvalue weighted by atomic mass is 10.2. The first-order chi connectivity index (χ1) is 8.19. The van der Waals surface area contributed by atoms with E-state index in [1.807, 2.05) is 13.8 Å². The Morgan fingerprint density at radius 1 is 1.47 bits per heavy atom. The molecule has 2 unspecified atom stereocenters. The van der Waals surface area contributed by atoms with Crippen molar-refractivity contribution in [3.8, 4) is 6.01 Å². The number of hydrogen-bond acceptors (Lipinski definition) is 6. The lowest BCUT2D eigenvalue weighted by Crippen LogP contribution is -2.27. The summed E-state index contributed by atoms with van der Waals surface area (Å²) in [5.74, 6) is 0.427. The average Bonchev–Trinajstić information content (AvgIpc) is 2.64. The van der Waals surface area contributed by atoms with E-state index in [2.05, 4.69) is 20.3 Å². The molecule has 0 aliphatic carbocycles. The lowest BCUT2D eigenvalue weighted by Gasteiger charge is -2.15. The molecule has 7 heteroatoms. The molecule has 0 saturated carbocycles. The van der Waals surface area contributed by atoms with E-state index in [1.54, 1.807) is 0 Å². The molecule has 1 aromatic rings. The van der Waals surface area contributed by atoms with Crippen molar-refractivity contribution >= 4 is 17.5 Å². The molecule has 0 spiro atoms. The molecular weight excluding hydrogens is 244 g/mol. The van der Waals surface area contributed by atoms with Crippen LogP contribution < -0.4 is 10.1 Å². The summed E-state index contributed by atoms with van der Waals surface area (Å²) in [6.45, 7) is 5.10. The average molecular weight is 259 g/mol. The van der Waals surface area contributed by atoms with Crippen molar-refractivity contribution < 1.29 is 9.47 Å². The van der Waals surface area contributed by atoms with Crippen molar-refractivity contribution in [2.45, 2.75) is 32.4 Å². The van der Waals surface area contributed by atoms with E-state index in [4.69, 9.17) is 21.1 Å². The van der Waals surface area contributed by atoms with Gasteiger partial charge in [-0.25, -0.2) is 0 Å². The molecule has 1 aliphatic rings. The van der Waals surface area contributed by atoms with E-state index >= 15 is 0 Å². The lowest BCUT2D eigenvalue weighted by molar-refractivity contribution is 0.121. The predicted molar refractivity (Wildman–Crippen MR) is 63.4 cm³/mol. The summed E-state index contributed by atoms with van der Waals surface area (Å²) in [7, 11) is 0. The number of halogens is 1. The molecule has 0 amide bonds. The van der Waals surface area contributed by atoms with E-state index in [-0.39, 0.29) is 23.4 Å². The number of hydrogen-bond donors (Lipinski definition) is 1. The summed E-state index contributed by atoms with van der Waals surface area (Å²) < 4.78 is 10.6. The van der Waals surface area contributed by atoms with Crippen LogP contribution in [0.15, 0.2) is 0 Å². The molecule has 0 aromatic carbocycles. The first-order valence-corrected chi connectivity index (χ1v) is 5.99. The summed E-state index contributed by atoms with van der Waals surface area (Å²) in [4.78, 5) is 12.0. The monoisotopic (exact) mass is 258 g/mol. The number of anilines is 1. The zero-order valence-corrected chi connectivity index (χ0v) is 10.6. The number of nitrogens with one attached hydrogen (secondary N) is 1. The Morgan fingerprint density at radius 2 is 2.29 bits per heavy atom. The fourth-order valence-corrected chi connectivity index (χ4v) is 1.83. The highest BCUT2D eigenvalue weighted by Gasteiger charge is 2.25. The van der Waals surface area contributed by atoms with Gasteiger partial charge in [-0.3, -0.25) is 0 Å². The maximum atomic E-state index is 5.79. The third-order valence-electron chi connectivity index (χ3n) is 2.55. The molecule has 17 heavy (non-hydrogen) atoms. The Bertz CT molecular complexity index is 391. The van der Waals surface area contributed by atoms with Gasteiger partial charge < -0.3 is 14.8 Å². The molecule has 1 aliphatic heterocycles. The maximum absolute atomic E-state index is 5.79. The van der Waals surface area contributed by atoms with Crippen LogP contribution in [-0.2, 0) is 4.74 Å². The zero-order chi connectivity index (χ0) is 12.3. The SMILES string of the molecule is CCOc1nc(Cl)nc(NC2CCOC2C)n1. The smallest absolute Gasteiger partial charge is 0.322 e. The van der Waals surface area contributed by atoms with Crippen LogP contribution >= 0.6 is 11.6 Å². The van der Waals surface area contributed by atoms with Crippen LogP contribution in [0.4, 0.5) is 5.95 Å². The van der Waals surface area contributed by atoms with Crippen LogP contribution in [0.5, 0.6) is 6.01 Å². The van der Waals surface area contributed by atoms with Gasteiger partial charge in [0.2, 0.25) is 11.2 Å². The van der Waals surface area contributed by atoms with Gasteiger partial charge >= 0.3 is 6.01 Å². The van der Waals surface area contributed by atoms with Crippen molar-refractivity contribution in [3.63, 3.8) is 0 Å². The van der Waals surface area contributed by atoms with Crippen LogP contribution in [-0.4, -0.2) is 40.3 Å². The molecule has 1 N–H and O–H groups in total. The van der Waals surface area contributed by atoms with E-state index in [1.165, 1.54) is 0 Å². The van der Waals surface area contributed by atoms with Gasteiger partial charge in [0.1, 0.15) is 0 Å². The molecule has 1 aromatic heterocycles. The molecule has 1 fully saturated rings. The molecule has 1 saturated heterocycles. The third kappa shape index (κ3) is 3.17. The van der Waals surface area contributed by atoms with Crippen molar-refractivity contribution in [1.82, 2.24) is 15.0 Å². The van der Waals surface area contributed by atoms with Crippen LogP contribution in [0.2, 0.25) is 5.28 Å². The first-order valence-electron chi connectivity index (χ1n) is 5.61. The van der Waals surface area contributed by atoms with Gasteiger partial charge in [0, 0.05) is 6.61 Å². The van der Waals surface area contributed by atoms with Gasteiger partial charge in [-0.15, -0.1) is 0 Å². The topological polar surface area (TPSA) is 69.2 Å². The zero-order valence-electron chi connectivity index (χ0n) is 9.81. The van der Waals surface area contributed by atoms with E-state index in [0.717, 1.165) is 13.0 Å². The molecular formula is C10H15ClN4O2. The van der Waals surface area contributed by atoms with Crippen LogP contribution in [0, 0.1) is 0 Å². The summed E-state index contributed by atoms with van der Waals surface area (Å²) in [6, 6.07) is 0.435. The van der Waals surface area contributed by atoms with Crippen LogP contribution in [0.25, 0.3) is 0 Å². The Morgan fingerprint density at radius 3 is 2.94 bits per heavy atom. The number of aromatic nitrogens is 3. The second kappa shape index (κ2) is 5.46. The summed E-state index contributed by atoms with van der Waals surface area (Å²) in [5, 5.41) is 3.30. The second-order valence-electron chi connectivity index (χ2n) is 3.76. The highest BCUT2D eigenvalue weighted by atomic mass is 35.5. The fraction of sp³-hybridized carbons (Fsp3) is 0.700. The third-order valence-corrected chi connectivity index (χ3v) is 2.72. The van der Waals surface area contributed by atoms with Crippen LogP contribution in [0.3, 0.4) is 0 Å². The Balaban J connectivity index is 2.09. The summed E-state index contributed by atoms with van der Waals surface area (Å²) in [6.07, 6.45) is 1.06. The molecule has 2 rings (SSSR count). The number of rotatable bonds is 4. The quantitative estimate of drug-likeness (QED) is 0.883. The molecule has 0 radical (unpaired) electrons. The largest absolute Gasteiger partial charge is 0.464 e. The molecule has 0 bridgehead atoms. The van der Waals surface area contributed by atoms with E-state index in [9.17, 15) is 0 Å². The van der Waals surface area contributed by atoms with Crippen molar-refractivity contribution in [2.75, 3.05) is 18.5 Å². The van der Waals surface area contributed by atoms with Gasteiger partial charge in [0.05, 0.1) is 18.8 Å². The highest BCUT2D eigenvalue weighted by Crippen LogP contribution is 2.18. The number of ether oxygens (including phenoxy) is 2. The molecule has 2 heterocycles. The van der Waals surface area contributed by atoms with Gasteiger partial charge in [0.25, 0.3) is 0 Å². The maximum Gasteiger partial charge on any atom is 0.322 e. The molecule has 94 valence electrons. The molecule has 2 atom stereocenters. The summed E-state index contributed by atoms with van der Waals surface area (Å²) in [5.41, 5.74) is 0. The van der Waals surface area contributed by atoms with Crippen molar-refractivity contribution in [1.29, 1.82) is 0 Å². The van der Waals surface area contributed by atoms with Gasteiger partial charge in [-0.2, -0.15) is 15.0 Å². The van der Waals surface area contributed by atoms with E-state index in [0.29, 0.717) is 12.6 Å². The van der Waals surface area contributed by atoms with Gasteiger partial charge in [-0.05, 0) is 31.9 Å². The first kappa shape index (κ1) is 12.3. The minimum absolute atomic E-state index is 0.123. The standard InChI is InChI=1S/C10H15ClN4O2/c1-3-16-10-14-8(11)13-9(15-10)12-7-4-5-17-6(7)2/h6-7H,3-5H2,1-2H3,(H,12,13,14,15). The van der Waals surface area contributed by atoms with Crippen molar-refractivity contribution in [3.05, 3.63) is 5.28 Å². The fourth-order valence-electron chi connectivity index (χ4n) is 1.68. The van der Waals surface area contributed by atoms with Crippen molar-refractivity contribution in [2.24, 2.45) is 0 Å². The normalized spacial score (nSPS) is 23.7. The molecule has 6 nitrogen and oxygen atoms in total. The van der Waals surface area contributed by atoms with Gasteiger partial charge in [0.15, 0.2) is 0 Å². The van der Waals surface area contributed by atoms with E-state index < -0.39 is 0 Å². The minimum atomic E-state index is 0.123. The van der Waals surface area contributed by atoms with Crippen LogP contribution in [0.1, 0.15) is 20.3 Å². The highest BCUT2D eigenvalue weighted by molar-refractivity contribution is 6.28. The summed E-state index contributed by atoms with van der Waals surface area (Å²) >= 11 is 5.79. The number of nitrogens with zero attached hydrogens (tertiary/aromatic N) is 3. The predicted octanol–water partition coefficient (Wildman–Crippen LogP) is 1.51. The van der Waals surface area contributed by atoms with Gasteiger partial charge in [-0.1, -0.05) is 0 Å². The minimum Gasteiger partial charge on any atom is -0.464 e. The Hall–Kier alpha value is -1.14. The Kier molecular flexibility index (Phi) is 3.96.